The Hall–Kier alpha value is -2.17. The van der Waals surface area contributed by atoms with Crippen molar-refractivity contribution in [3.05, 3.63) is 41.3 Å². The molecule has 17 heavy (non-hydrogen) atoms. The van der Waals surface area contributed by atoms with Gasteiger partial charge in [0.15, 0.2) is 5.82 Å². The SMILES string of the molecule is CCc1cc(NC(=O)c2cccc(C)n2)n[nH]1. The summed E-state index contributed by atoms with van der Waals surface area (Å²) in [6.45, 7) is 3.86. The van der Waals surface area contributed by atoms with E-state index in [4.69, 9.17) is 0 Å². The number of hydrogen-bond donors (Lipinski definition) is 2. The Balaban J connectivity index is 2.11. The van der Waals surface area contributed by atoms with Gasteiger partial charge in [-0.25, -0.2) is 4.98 Å². The topological polar surface area (TPSA) is 70.7 Å². The van der Waals surface area contributed by atoms with Gasteiger partial charge in [0.05, 0.1) is 0 Å². The summed E-state index contributed by atoms with van der Waals surface area (Å²) >= 11 is 0. The number of aromatic nitrogens is 3. The molecule has 0 saturated carbocycles. The number of H-pyrrole nitrogens is 1. The van der Waals surface area contributed by atoms with Crippen LogP contribution in [0.2, 0.25) is 0 Å². The van der Waals surface area contributed by atoms with Crippen molar-refractivity contribution in [1.82, 2.24) is 15.2 Å². The first-order chi connectivity index (χ1) is 8.19. The van der Waals surface area contributed by atoms with E-state index in [9.17, 15) is 4.79 Å². The van der Waals surface area contributed by atoms with Gasteiger partial charge in [-0.3, -0.25) is 9.89 Å². The second kappa shape index (κ2) is 4.78. The Bertz CT molecular complexity index is 533. The standard InChI is InChI=1S/C12H14N4O/c1-3-9-7-11(16-15-9)14-12(17)10-6-4-5-8(2)13-10/h4-7H,3H2,1-2H3,(H2,14,15,16,17). The van der Waals surface area contributed by atoms with Crippen molar-refractivity contribution in [2.75, 3.05) is 5.32 Å². The highest BCUT2D eigenvalue weighted by molar-refractivity contribution is 6.02. The summed E-state index contributed by atoms with van der Waals surface area (Å²) < 4.78 is 0. The maximum Gasteiger partial charge on any atom is 0.275 e. The molecule has 0 aliphatic carbocycles. The average Bonchev–Trinajstić information content (AvgIpc) is 2.77. The summed E-state index contributed by atoms with van der Waals surface area (Å²) in [7, 11) is 0. The number of carbonyl (C=O) groups is 1. The highest BCUT2D eigenvalue weighted by atomic mass is 16.1. The third-order valence-electron chi connectivity index (χ3n) is 2.37. The van der Waals surface area contributed by atoms with Crippen LogP contribution in [0.5, 0.6) is 0 Å². The van der Waals surface area contributed by atoms with Crippen LogP contribution >= 0.6 is 0 Å². The van der Waals surface area contributed by atoms with Crippen LogP contribution in [0, 0.1) is 6.92 Å². The molecule has 2 rings (SSSR count). The van der Waals surface area contributed by atoms with E-state index in [0.717, 1.165) is 17.8 Å². The molecule has 0 spiro atoms. The van der Waals surface area contributed by atoms with Gasteiger partial charge >= 0.3 is 0 Å². The molecule has 88 valence electrons. The summed E-state index contributed by atoms with van der Waals surface area (Å²) in [5.74, 6) is 0.276. The quantitative estimate of drug-likeness (QED) is 0.846. The molecule has 0 radical (unpaired) electrons. The van der Waals surface area contributed by atoms with Crippen LogP contribution in [0.25, 0.3) is 0 Å². The third-order valence-corrected chi connectivity index (χ3v) is 2.37. The molecule has 2 N–H and O–H groups in total. The first-order valence-electron chi connectivity index (χ1n) is 5.48. The second-order valence-electron chi connectivity index (χ2n) is 3.75. The smallest absolute Gasteiger partial charge is 0.275 e. The van der Waals surface area contributed by atoms with Crippen molar-refractivity contribution >= 4 is 11.7 Å². The van der Waals surface area contributed by atoms with E-state index in [1.165, 1.54) is 0 Å². The Kier molecular flexibility index (Phi) is 3.18. The van der Waals surface area contributed by atoms with Crippen LogP contribution in [0.3, 0.4) is 0 Å². The minimum absolute atomic E-state index is 0.247. The highest BCUT2D eigenvalue weighted by Crippen LogP contribution is 2.07. The second-order valence-corrected chi connectivity index (χ2v) is 3.75. The van der Waals surface area contributed by atoms with Gasteiger partial charge in [0, 0.05) is 17.5 Å². The molecule has 5 heteroatoms. The lowest BCUT2D eigenvalue weighted by atomic mass is 10.3. The Morgan fingerprint density at radius 2 is 2.29 bits per heavy atom. The minimum Gasteiger partial charge on any atom is -0.304 e. The maximum absolute atomic E-state index is 11.8. The number of carbonyl (C=O) groups excluding carboxylic acids is 1. The van der Waals surface area contributed by atoms with Crippen molar-refractivity contribution in [2.24, 2.45) is 0 Å². The van der Waals surface area contributed by atoms with Crippen LogP contribution in [-0.2, 0) is 6.42 Å². The van der Waals surface area contributed by atoms with Crippen LogP contribution in [-0.4, -0.2) is 21.1 Å². The molecule has 5 nitrogen and oxygen atoms in total. The van der Waals surface area contributed by atoms with E-state index >= 15 is 0 Å². The Morgan fingerprint density at radius 1 is 1.47 bits per heavy atom. The molecule has 2 heterocycles. The number of amides is 1. The van der Waals surface area contributed by atoms with E-state index in [-0.39, 0.29) is 5.91 Å². The highest BCUT2D eigenvalue weighted by Gasteiger charge is 2.09. The van der Waals surface area contributed by atoms with E-state index in [1.807, 2.05) is 26.0 Å². The molecule has 1 amide bonds. The minimum atomic E-state index is -0.247. The van der Waals surface area contributed by atoms with Crippen molar-refractivity contribution in [3.63, 3.8) is 0 Å². The van der Waals surface area contributed by atoms with Gasteiger partial charge in [-0.2, -0.15) is 5.10 Å². The number of rotatable bonds is 3. The van der Waals surface area contributed by atoms with Gasteiger partial charge < -0.3 is 5.32 Å². The summed E-state index contributed by atoms with van der Waals surface area (Å²) in [6.07, 6.45) is 0.853. The molecule has 0 aliphatic heterocycles. The average molecular weight is 230 g/mol. The first-order valence-corrected chi connectivity index (χ1v) is 5.48. The van der Waals surface area contributed by atoms with Gasteiger partial charge in [-0.1, -0.05) is 13.0 Å². The molecule has 0 unspecified atom stereocenters. The fourth-order valence-electron chi connectivity index (χ4n) is 1.46. The molecule has 0 atom stereocenters. The Labute approximate surface area is 99.3 Å². The van der Waals surface area contributed by atoms with Gasteiger partial charge in [0.25, 0.3) is 5.91 Å². The monoisotopic (exact) mass is 230 g/mol. The number of nitrogens with one attached hydrogen (secondary N) is 2. The fourth-order valence-corrected chi connectivity index (χ4v) is 1.46. The summed E-state index contributed by atoms with van der Waals surface area (Å²) in [4.78, 5) is 16.0. The van der Waals surface area contributed by atoms with Crippen LogP contribution in [0.1, 0.15) is 28.8 Å². The zero-order valence-electron chi connectivity index (χ0n) is 9.82. The Morgan fingerprint density at radius 3 is 2.94 bits per heavy atom. The van der Waals surface area contributed by atoms with Gasteiger partial charge in [0.2, 0.25) is 0 Å². The number of nitrogens with zero attached hydrogens (tertiary/aromatic N) is 2. The van der Waals surface area contributed by atoms with Crippen LogP contribution in [0.4, 0.5) is 5.82 Å². The summed E-state index contributed by atoms with van der Waals surface area (Å²) in [5.41, 5.74) is 2.19. The normalized spacial score (nSPS) is 10.2. The van der Waals surface area contributed by atoms with E-state index in [1.54, 1.807) is 12.1 Å². The molecule has 0 aliphatic rings. The van der Waals surface area contributed by atoms with E-state index in [2.05, 4.69) is 20.5 Å². The molecular weight excluding hydrogens is 216 g/mol. The van der Waals surface area contributed by atoms with E-state index < -0.39 is 0 Å². The number of hydrogen-bond acceptors (Lipinski definition) is 3. The zero-order valence-corrected chi connectivity index (χ0v) is 9.82. The number of aryl methyl sites for hydroxylation is 2. The number of pyridine rings is 1. The lowest BCUT2D eigenvalue weighted by Crippen LogP contribution is -2.14. The largest absolute Gasteiger partial charge is 0.304 e. The molecule has 0 aromatic carbocycles. The first kappa shape index (κ1) is 11.3. The predicted octanol–water partition coefficient (Wildman–Crippen LogP) is 1.93. The van der Waals surface area contributed by atoms with Crippen molar-refractivity contribution < 1.29 is 4.79 Å². The fraction of sp³-hybridized carbons (Fsp3) is 0.250. The molecule has 2 aromatic rings. The van der Waals surface area contributed by atoms with Gasteiger partial charge in [-0.05, 0) is 25.5 Å². The van der Waals surface area contributed by atoms with Gasteiger partial charge in [0.1, 0.15) is 5.69 Å². The van der Waals surface area contributed by atoms with Crippen molar-refractivity contribution in [2.45, 2.75) is 20.3 Å². The maximum atomic E-state index is 11.8. The molecular formula is C12H14N4O. The molecule has 2 aromatic heterocycles. The van der Waals surface area contributed by atoms with Crippen molar-refractivity contribution in [1.29, 1.82) is 0 Å². The third kappa shape index (κ3) is 2.69. The van der Waals surface area contributed by atoms with Crippen molar-refractivity contribution in [3.8, 4) is 0 Å². The van der Waals surface area contributed by atoms with Crippen LogP contribution < -0.4 is 5.32 Å². The van der Waals surface area contributed by atoms with E-state index in [0.29, 0.717) is 11.5 Å². The molecule has 0 saturated heterocycles. The summed E-state index contributed by atoms with van der Waals surface area (Å²) in [5, 5.41) is 9.53. The number of aromatic amines is 1. The summed E-state index contributed by atoms with van der Waals surface area (Å²) in [6, 6.07) is 7.14. The van der Waals surface area contributed by atoms with Gasteiger partial charge in [-0.15, -0.1) is 0 Å². The predicted molar refractivity (Wildman–Crippen MR) is 64.9 cm³/mol. The zero-order chi connectivity index (χ0) is 12.3. The van der Waals surface area contributed by atoms with Crippen LogP contribution in [0.15, 0.2) is 24.3 Å². The number of anilines is 1. The lowest BCUT2D eigenvalue weighted by Gasteiger charge is -2.01. The lowest BCUT2D eigenvalue weighted by molar-refractivity contribution is 0.102. The molecule has 0 bridgehead atoms. The molecule has 0 fully saturated rings.